The van der Waals surface area contributed by atoms with Crippen LogP contribution in [0.5, 0.6) is 5.88 Å². The zero-order valence-electron chi connectivity index (χ0n) is 34.5. The van der Waals surface area contributed by atoms with Gasteiger partial charge in [0.25, 0.3) is 5.91 Å². The van der Waals surface area contributed by atoms with Crippen LogP contribution < -0.4 is 20.1 Å². The molecule has 18 heteroatoms. The fraction of sp³-hybridized carbons (Fsp3) is 0.690. The minimum Gasteiger partial charge on any atom is -0.471 e. The van der Waals surface area contributed by atoms with E-state index in [1.165, 1.54) is 11.8 Å². The summed E-state index contributed by atoms with van der Waals surface area (Å²) in [6, 6.07) is 4.41. The summed E-state index contributed by atoms with van der Waals surface area (Å²) in [5.74, 6) is -4.11. The minimum atomic E-state index is -4.25. The van der Waals surface area contributed by atoms with Crippen LogP contribution in [0, 0.1) is 46.3 Å². The molecule has 10 atom stereocenters. The molecule has 2 aliphatic heterocycles. The molecule has 1 aromatic carbocycles. The lowest BCUT2D eigenvalue weighted by atomic mass is 9.85. The van der Waals surface area contributed by atoms with Crippen LogP contribution >= 0.6 is 0 Å². The van der Waals surface area contributed by atoms with E-state index in [0.29, 0.717) is 40.5 Å². The monoisotopic (exact) mass is 853 g/mol. The van der Waals surface area contributed by atoms with Gasteiger partial charge < -0.3 is 25.0 Å². The number of rotatable bonds is 6. The molecule has 15 nitrogen and oxygen atoms in total. The number of hydrogen-bond acceptors (Lipinski definition) is 11. The molecule has 2 aromatic rings. The van der Waals surface area contributed by atoms with Crippen molar-refractivity contribution in [1.29, 1.82) is 5.26 Å². The molecular weight excluding hydrogens is 801 g/mol. The van der Waals surface area contributed by atoms with E-state index in [9.17, 15) is 41.6 Å². The number of aromatic nitrogens is 2. The van der Waals surface area contributed by atoms with Gasteiger partial charge in [-0.1, -0.05) is 40.5 Å². The number of carbonyl (C=O) groups excluding carboxylic acids is 4. The van der Waals surface area contributed by atoms with Crippen molar-refractivity contribution in [2.45, 2.75) is 140 Å². The van der Waals surface area contributed by atoms with Crippen molar-refractivity contribution >= 4 is 44.9 Å². The molecule has 2 unspecified atom stereocenters. The number of nitriles is 1. The third-order valence-electron chi connectivity index (χ3n) is 14.0. The second kappa shape index (κ2) is 15.1. The van der Waals surface area contributed by atoms with Crippen LogP contribution in [0.1, 0.15) is 104 Å². The topological polar surface area (TPSA) is 210 Å². The van der Waals surface area contributed by atoms with Gasteiger partial charge in [-0.25, -0.2) is 32.0 Å². The summed E-state index contributed by atoms with van der Waals surface area (Å²) >= 11 is 0. The number of ether oxygens (including phenoxy) is 2. The average Bonchev–Trinajstić information content (AvgIpc) is 4.13. The quantitative estimate of drug-likeness (QED) is 0.368. The van der Waals surface area contributed by atoms with Crippen LogP contribution in [0.2, 0.25) is 0 Å². The van der Waals surface area contributed by atoms with Gasteiger partial charge in [-0.2, -0.15) is 5.26 Å². The summed E-state index contributed by atoms with van der Waals surface area (Å²) in [4.78, 5) is 67.8. The second-order valence-electron chi connectivity index (χ2n) is 19.3. The molecule has 8 rings (SSSR count). The molecule has 4 amide bonds. The van der Waals surface area contributed by atoms with Crippen molar-refractivity contribution in [2.75, 3.05) is 6.54 Å². The molecule has 0 spiro atoms. The molecule has 324 valence electrons. The van der Waals surface area contributed by atoms with E-state index in [0.717, 1.165) is 38.5 Å². The molecule has 0 radical (unpaired) electrons. The van der Waals surface area contributed by atoms with E-state index in [4.69, 9.17) is 19.4 Å². The molecule has 3 heterocycles. The predicted molar refractivity (Wildman–Crippen MR) is 212 cm³/mol. The van der Waals surface area contributed by atoms with Crippen molar-refractivity contribution < 1.29 is 45.9 Å². The highest BCUT2D eigenvalue weighted by Crippen LogP contribution is 2.58. The fourth-order valence-corrected chi connectivity index (χ4v) is 11.0. The number of alkyl carbamates (subject to hydrolysis) is 1. The molecular formula is C42H53F2N7O8S. The van der Waals surface area contributed by atoms with E-state index in [-0.39, 0.29) is 37.3 Å². The first-order valence-corrected chi connectivity index (χ1v) is 22.6. The number of nitrogens with zero attached hydrogens (tertiary/aromatic N) is 4. The molecule has 1 aromatic heterocycles. The van der Waals surface area contributed by atoms with Crippen molar-refractivity contribution in [3.63, 3.8) is 0 Å². The lowest BCUT2D eigenvalue weighted by Gasteiger charge is -2.36. The smallest absolute Gasteiger partial charge is 0.408 e. The lowest BCUT2D eigenvalue weighted by molar-refractivity contribution is -0.143. The van der Waals surface area contributed by atoms with Gasteiger partial charge in [-0.15, -0.1) is 0 Å². The molecule has 4 aliphatic carbocycles. The Morgan fingerprint density at radius 3 is 2.47 bits per heavy atom. The number of benzene rings is 1. The number of amides is 4. The third kappa shape index (κ3) is 7.75. The normalized spacial score (nSPS) is 33.7. The van der Waals surface area contributed by atoms with Gasteiger partial charge >= 0.3 is 6.09 Å². The molecule has 3 N–H and O–H groups in total. The van der Waals surface area contributed by atoms with E-state index < -0.39 is 92.4 Å². The standard InChI is InChI=1S/C42H53F2N7O8S/c1-21-31-20-51(32(21)35(52)49-42(18-26(42)34(43)44)38(54)50-60(56,57)41(5)13-14-41)37(53)33(40(2,3)4)48-39(55)59-30-17-23-16-25(23)24(30)9-7-6-8-10-28-36(58-31)47-29-15-22(19-45)11-12-27(29)46-28/h11-12,15,21,23-26,30-34H,6-10,13-14,16-18,20H2,1-5H3,(H,48,55)(H,49,52)(H,50,54)/t21-,23+,24-,25+,26?,30-,31+,32+,33-,42?/m1/s1. The number of nitrogens with one attached hydrogen (secondary N) is 3. The summed E-state index contributed by atoms with van der Waals surface area (Å²) in [6.07, 6.45) is 0.720. The van der Waals surface area contributed by atoms with Gasteiger partial charge in [0.1, 0.15) is 35.5 Å². The molecule has 6 aliphatic rings. The summed E-state index contributed by atoms with van der Waals surface area (Å²) in [5.41, 5.74) is -1.31. The van der Waals surface area contributed by atoms with Crippen LogP contribution in [0.15, 0.2) is 18.2 Å². The van der Waals surface area contributed by atoms with E-state index in [1.807, 2.05) is 4.72 Å². The van der Waals surface area contributed by atoms with E-state index >= 15 is 0 Å². The van der Waals surface area contributed by atoms with Crippen LogP contribution in [0.4, 0.5) is 13.6 Å². The Bertz CT molecular complexity index is 2260. The minimum absolute atomic E-state index is 0.157. The maximum Gasteiger partial charge on any atom is 0.408 e. The second-order valence-corrected chi connectivity index (χ2v) is 21.5. The summed E-state index contributed by atoms with van der Waals surface area (Å²) < 4.78 is 68.3. The number of alkyl halides is 2. The van der Waals surface area contributed by atoms with Crippen molar-refractivity contribution in [2.24, 2.45) is 35.0 Å². The van der Waals surface area contributed by atoms with Crippen LogP contribution in [-0.2, 0) is 35.6 Å². The number of fused-ring (bicyclic) bond motifs is 7. The SMILES string of the molecule is C[C@@H]1[C@@H]2CN(C(=O)[C@H](C(C)(C)C)NC(=O)O[C@@H]3C[C@@H]4C[C@@H]4[C@H]3CCCCCc3nc4ccc(C#N)cc4nc3O2)[C@@H]1C(=O)NC1(C(=O)NS(=O)(=O)C2(C)CC2)CC1C(F)F. The highest BCUT2D eigenvalue weighted by atomic mass is 32.2. The predicted octanol–water partition coefficient (Wildman–Crippen LogP) is 4.52. The molecule has 60 heavy (non-hydrogen) atoms. The van der Waals surface area contributed by atoms with E-state index in [1.54, 1.807) is 45.9 Å². The Kier molecular flexibility index (Phi) is 10.6. The van der Waals surface area contributed by atoms with Crippen LogP contribution in [0.3, 0.4) is 0 Å². The summed E-state index contributed by atoms with van der Waals surface area (Å²) in [6.45, 7) is 8.14. The van der Waals surface area contributed by atoms with Crippen LogP contribution in [0.25, 0.3) is 11.0 Å². The van der Waals surface area contributed by atoms with Gasteiger partial charge in [-0.3, -0.25) is 19.1 Å². The maximum atomic E-state index is 14.9. The van der Waals surface area contributed by atoms with E-state index in [2.05, 4.69) is 16.7 Å². The Hall–Kier alpha value is -4.66. The van der Waals surface area contributed by atoms with Gasteiger partial charge in [0, 0.05) is 5.92 Å². The Balaban J connectivity index is 1.15. The van der Waals surface area contributed by atoms with Gasteiger partial charge in [0.15, 0.2) is 0 Å². The van der Waals surface area contributed by atoms with Crippen LogP contribution in [-0.4, -0.2) is 94.6 Å². The fourth-order valence-electron chi connectivity index (χ4n) is 9.69. The van der Waals surface area contributed by atoms with Crippen molar-refractivity contribution in [1.82, 2.24) is 30.2 Å². The number of aryl methyl sites for hydroxylation is 1. The molecule has 5 fully saturated rings. The lowest BCUT2D eigenvalue weighted by Crippen LogP contribution is -2.61. The Morgan fingerprint density at radius 1 is 1.05 bits per heavy atom. The molecule has 1 saturated heterocycles. The first-order chi connectivity index (χ1) is 28.2. The third-order valence-corrected chi connectivity index (χ3v) is 16.1. The van der Waals surface area contributed by atoms with Crippen molar-refractivity contribution in [3.05, 3.63) is 29.5 Å². The highest BCUT2D eigenvalue weighted by Gasteiger charge is 2.68. The maximum absolute atomic E-state index is 14.9. The highest BCUT2D eigenvalue weighted by molar-refractivity contribution is 7.91. The largest absolute Gasteiger partial charge is 0.471 e. The van der Waals surface area contributed by atoms with Gasteiger partial charge in [0.2, 0.25) is 34.1 Å². The van der Waals surface area contributed by atoms with Gasteiger partial charge in [-0.05, 0) is 99.7 Å². The Morgan fingerprint density at radius 2 is 1.80 bits per heavy atom. The average molecular weight is 854 g/mol. The first kappa shape index (κ1) is 42.0. The summed E-state index contributed by atoms with van der Waals surface area (Å²) in [5, 5.41) is 14.9. The zero-order valence-corrected chi connectivity index (χ0v) is 35.3. The number of carbonyl (C=O) groups is 4. The van der Waals surface area contributed by atoms with Crippen molar-refractivity contribution in [3.8, 4) is 11.9 Å². The summed E-state index contributed by atoms with van der Waals surface area (Å²) in [7, 11) is -4.25. The number of sulfonamides is 1. The Labute approximate surface area is 348 Å². The first-order valence-electron chi connectivity index (χ1n) is 21.1. The number of halogens is 2. The van der Waals surface area contributed by atoms with Gasteiger partial charge in [0.05, 0.1) is 39.9 Å². The number of hydrogen-bond donors (Lipinski definition) is 3. The molecule has 4 saturated carbocycles. The zero-order chi connectivity index (χ0) is 43.1. The molecule has 2 bridgehead atoms.